The van der Waals surface area contributed by atoms with Crippen molar-refractivity contribution >= 4 is 44.6 Å². The van der Waals surface area contributed by atoms with Gasteiger partial charge in [0.1, 0.15) is 11.6 Å². The molecular weight excluding hydrogens is 937 g/mol. The topological polar surface area (TPSA) is 46.4 Å². The number of pyridine rings is 2. The minimum atomic E-state index is -0.299. The number of rotatable bonds is 6. The molecule has 1 aliphatic heterocycles. The summed E-state index contributed by atoms with van der Waals surface area (Å²) < 4.78 is 23.3. The van der Waals surface area contributed by atoms with Gasteiger partial charge in [-0.05, 0) is 99.0 Å². The summed E-state index contributed by atoms with van der Waals surface area (Å²) in [7, 11) is 0. The van der Waals surface area contributed by atoms with E-state index in [-0.39, 0.29) is 43.1 Å². The molecule has 0 radical (unpaired) electrons. The van der Waals surface area contributed by atoms with Gasteiger partial charge in [-0.3, -0.25) is 4.98 Å². The smallest absolute Gasteiger partial charge is 0.135 e. The molecule has 0 saturated heterocycles. The largest absolute Gasteiger partial charge is 0.509 e. The molecule has 0 bridgehead atoms. The summed E-state index contributed by atoms with van der Waals surface area (Å²) in [5.74, 6) is 1.47. The number of para-hydroxylation sites is 1. The van der Waals surface area contributed by atoms with Gasteiger partial charge in [-0.25, -0.2) is 9.37 Å². The first-order chi connectivity index (χ1) is 28.5. The molecule has 312 valence electrons. The Bertz CT molecular complexity index is 2890. The Balaban J connectivity index is 0.00000514. The van der Waals surface area contributed by atoms with Crippen molar-refractivity contribution in [2.24, 2.45) is 0 Å². The molecule has 0 spiro atoms. The van der Waals surface area contributed by atoms with Crippen LogP contribution in [0.3, 0.4) is 0 Å². The number of aromatic nitrogens is 3. The van der Waals surface area contributed by atoms with E-state index in [0.29, 0.717) is 11.5 Å². The molecular formula is C53H49FN5OPt-3. The zero-order valence-electron chi connectivity index (χ0n) is 36.0. The van der Waals surface area contributed by atoms with Gasteiger partial charge in [0.15, 0.2) is 0 Å². The average Bonchev–Trinajstić information content (AvgIpc) is 3.76. The maximum absolute atomic E-state index is 14.7. The van der Waals surface area contributed by atoms with Crippen molar-refractivity contribution in [3.63, 3.8) is 0 Å². The van der Waals surface area contributed by atoms with E-state index in [1.165, 1.54) is 17.2 Å². The molecule has 3 aromatic heterocycles. The quantitative estimate of drug-likeness (QED) is 0.155. The number of anilines is 4. The number of hydrogen-bond acceptors (Lipinski definition) is 5. The fraction of sp³-hybridized carbons (Fsp3) is 0.226. The van der Waals surface area contributed by atoms with E-state index in [9.17, 15) is 4.39 Å². The van der Waals surface area contributed by atoms with Gasteiger partial charge in [-0.15, -0.1) is 48.1 Å². The average molecular weight is 986 g/mol. The SMILES string of the molecule is CC(C)(C)c1cc(N2[CH-]N(c3[c-]c(Oc4[c-]c5c(cc4)c4cc(F)ccc4n5-c4cc(C(C)(C)C)ccn4)ccc3)c3cccc(-c4ccccn4)c32)cc(C(C)(C)C)c1.[Pt]. The second-order valence-corrected chi connectivity index (χ2v) is 18.7. The Kier molecular flexibility index (Phi) is 10.7. The van der Waals surface area contributed by atoms with Crippen molar-refractivity contribution in [1.82, 2.24) is 14.5 Å². The van der Waals surface area contributed by atoms with E-state index in [1.807, 2.05) is 65.5 Å². The predicted molar refractivity (Wildman–Crippen MR) is 244 cm³/mol. The minimum absolute atomic E-state index is 0. The summed E-state index contributed by atoms with van der Waals surface area (Å²) in [5, 5.41) is 1.64. The molecule has 0 amide bonds. The van der Waals surface area contributed by atoms with Crippen LogP contribution in [0.15, 0.2) is 128 Å². The first-order valence-corrected chi connectivity index (χ1v) is 20.5. The third-order valence-corrected chi connectivity index (χ3v) is 11.3. The van der Waals surface area contributed by atoms with Gasteiger partial charge in [0.25, 0.3) is 0 Å². The van der Waals surface area contributed by atoms with Crippen molar-refractivity contribution in [2.75, 3.05) is 9.80 Å². The number of halogens is 1. The molecule has 4 heterocycles. The summed E-state index contributed by atoms with van der Waals surface area (Å²) in [6, 6.07) is 45.3. The number of hydrogen-bond donors (Lipinski definition) is 0. The fourth-order valence-electron chi connectivity index (χ4n) is 7.90. The summed E-state index contributed by atoms with van der Waals surface area (Å²) >= 11 is 0. The van der Waals surface area contributed by atoms with E-state index in [0.717, 1.165) is 67.2 Å². The van der Waals surface area contributed by atoms with Crippen molar-refractivity contribution < 1.29 is 30.2 Å². The fourth-order valence-corrected chi connectivity index (χ4v) is 7.90. The maximum atomic E-state index is 14.7. The molecule has 9 rings (SSSR count). The van der Waals surface area contributed by atoms with E-state index >= 15 is 0 Å². The predicted octanol–water partition coefficient (Wildman–Crippen LogP) is 14.1. The van der Waals surface area contributed by atoms with Crippen LogP contribution in [0.1, 0.15) is 79.0 Å². The Hall–Kier alpha value is -5.78. The molecule has 0 atom stereocenters. The summed E-state index contributed by atoms with van der Waals surface area (Å²) in [6.07, 6.45) is 3.67. The van der Waals surface area contributed by atoms with Crippen LogP contribution in [0.4, 0.5) is 27.1 Å². The zero-order chi connectivity index (χ0) is 42.1. The number of ether oxygens (including phenoxy) is 1. The van der Waals surface area contributed by atoms with Gasteiger partial charge in [0.2, 0.25) is 0 Å². The number of fused-ring (bicyclic) bond motifs is 4. The Morgan fingerprint density at radius 2 is 1.33 bits per heavy atom. The van der Waals surface area contributed by atoms with Crippen LogP contribution in [0.5, 0.6) is 11.5 Å². The van der Waals surface area contributed by atoms with Gasteiger partial charge in [0.05, 0.1) is 5.69 Å². The van der Waals surface area contributed by atoms with E-state index < -0.39 is 0 Å². The van der Waals surface area contributed by atoms with Crippen molar-refractivity contribution in [1.29, 1.82) is 0 Å². The first-order valence-electron chi connectivity index (χ1n) is 20.5. The molecule has 61 heavy (non-hydrogen) atoms. The van der Waals surface area contributed by atoms with E-state index in [2.05, 4.69) is 139 Å². The van der Waals surface area contributed by atoms with Gasteiger partial charge in [-0.1, -0.05) is 92.1 Å². The molecule has 8 heteroatoms. The molecule has 5 aromatic carbocycles. The Morgan fingerprint density at radius 1 is 0.607 bits per heavy atom. The second-order valence-electron chi connectivity index (χ2n) is 18.7. The van der Waals surface area contributed by atoms with Crippen LogP contribution < -0.4 is 14.5 Å². The molecule has 1 aliphatic rings. The molecule has 0 saturated carbocycles. The molecule has 0 N–H and O–H groups in total. The van der Waals surface area contributed by atoms with Crippen molar-refractivity contribution in [2.45, 2.75) is 78.6 Å². The number of nitrogens with zero attached hydrogens (tertiary/aromatic N) is 5. The molecule has 8 aromatic rings. The van der Waals surface area contributed by atoms with Gasteiger partial charge in [0, 0.05) is 73.1 Å². The first kappa shape index (κ1) is 41.9. The summed E-state index contributed by atoms with van der Waals surface area (Å²) in [4.78, 5) is 14.0. The van der Waals surface area contributed by atoms with Gasteiger partial charge >= 0.3 is 0 Å². The maximum Gasteiger partial charge on any atom is 0.135 e. The Morgan fingerprint density at radius 3 is 2.03 bits per heavy atom. The summed E-state index contributed by atoms with van der Waals surface area (Å²) in [5.41, 5.74) is 10.9. The molecule has 0 aliphatic carbocycles. The van der Waals surface area contributed by atoms with Gasteiger partial charge in [-0.2, -0.15) is 12.1 Å². The molecule has 0 fully saturated rings. The zero-order valence-corrected chi connectivity index (χ0v) is 38.3. The van der Waals surface area contributed by atoms with Crippen molar-refractivity contribution in [3.8, 4) is 28.6 Å². The molecule has 6 nitrogen and oxygen atoms in total. The van der Waals surface area contributed by atoms with E-state index in [4.69, 9.17) is 14.7 Å². The van der Waals surface area contributed by atoms with Crippen LogP contribution in [0.25, 0.3) is 38.9 Å². The minimum Gasteiger partial charge on any atom is -0.509 e. The normalized spacial score (nSPS) is 13.1. The Labute approximate surface area is 373 Å². The van der Waals surface area contributed by atoms with Gasteiger partial charge < -0.3 is 19.1 Å². The van der Waals surface area contributed by atoms with Crippen LogP contribution in [0.2, 0.25) is 0 Å². The van der Waals surface area contributed by atoms with Crippen LogP contribution in [0, 0.1) is 24.6 Å². The summed E-state index contributed by atoms with van der Waals surface area (Å²) in [6.45, 7) is 22.3. The molecule has 0 unspecified atom stereocenters. The standard InChI is InChI=1S/C53H49FN5O.Pt/c1-51(2,3)34-23-25-56-49(29-34)59-46-22-19-37(54)30-44(46)42-21-20-41(32-48(42)59)60-40-15-12-14-38(31-40)57-33-58(39-27-35(52(4,5)6)26-36(28-39)53(7,8)9)50-43(16-13-18-47(50)57)45-17-10-11-24-55-45;/h10-30,33H,1-9H3;/q-3;. The monoisotopic (exact) mass is 985 g/mol. The van der Waals surface area contributed by atoms with Crippen LogP contribution >= 0.6 is 0 Å². The number of benzene rings is 5. The van der Waals surface area contributed by atoms with Crippen LogP contribution in [-0.4, -0.2) is 14.5 Å². The van der Waals surface area contributed by atoms with E-state index in [1.54, 1.807) is 12.1 Å². The third-order valence-electron chi connectivity index (χ3n) is 11.3. The van der Waals surface area contributed by atoms with Crippen LogP contribution in [-0.2, 0) is 37.3 Å². The third kappa shape index (κ3) is 7.97. The van der Waals surface area contributed by atoms with Crippen molar-refractivity contribution in [3.05, 3.63) is 169 Å². The second kappa shape index (κ2) is 15.6.